The Kier molecular flexibility index (Phi) is 7.37. The van der Waals surface area contributed by atoms with Crippen LogP contribution < -0.4 is 20.3 Å². The first-order valence-electron chi connectivity index (χ1n) is 10.3. The Morgan fingerprint density at radius 1 is 1.13 bits per heavy atom. The summed E-state index contributed by atoms with van der Waals surface area (Å²) in [4.78, 5) is 11.7. The fourth-order valence-corrected chi connectivity index (χ4v) is 3.93. The summed E-state index contributed by atoms with van der Waals surface area (Å²) >= 11 is 0. The molecule has 168 valence electrons. The van der Waals surface area contributed by atoms with Crippen LogP contribution >= 0.6 is 0 Å². The molecule has 0 atom stereocenters. The standard InChI is InChI=1S/C23H31N3O5/c1-6-31-14-15-11-19(28-3)22(20(12-15)29-4)17-9-7-16(8-10-21(27)30-5)18-13-26(24)25(2)23(17)18/h7,9,11-12H,6,8,10,13-14,24H2,1-5H3. The van der Waals surface area contributed by atoms with E-state index in [-0.39, 0.29) is 5.97 Å². The van der Waals surface area contributed by atoms with Gasteiger partial charge >= 0.3 is 5.97 Å². The predicted octanol–water partition coefficient (Wildman–Crippen LogP) is 3.05. The van der Waals surface area contributed by atoms with Crippen LogP contribution in [0.1, 0.15) is 30.0 Å². The number of benzene rings is 2. The maximum Gasteiger partial charge on any atom is 0.305 e. The van der Waals surface area contributed by atoms with Crippen molar-refractivity contribution in [3.8, 4) is 22.6 Å². The Balaban J connectivity index is 2.13. The third-order valence-corrected chi connectivity index (χ3v) is 5.54. The smallest absolute Gasteiger partial charge is 0.305 e. The van der Waals surface area contributed by atoms with E-state index in [9.17, 15) is 4.79 Å². The lowest BCUT2D eigenvalue weighted by molar-refractivity contribution is -0.140. The lowest BCUT2D eigenvalue weighted by Crippen LogP contribution is -2.40. The minimum Gasteiger partial charge on any atom is -0.496 e. The molecule has 0 radical (unpaired) electrons. The molecule has 8 nitrogen and oxygen atoms in total. The van der Waals surface area contributed by atoms with Gasteiger partial charge in [-0.3, -0.25) is 15.6 Å². The molecule has 31 heavy (non-hydrogen) atoms. The Hall–Kier alpha value is -2.81. The summed E-state index contributed by atoms with van der Waals surface area (Å²) in [5.74, 6) is 7.39. The largest absolute Gasteiger partial charge is 0.496 e. The second kappa shape index (κ2) is 10.00. The van der Waals surface area contributed by atoms with Crippen LogP contribution in [0.15, 0.2) is 24.3 Å². The maximum absolute atomic E-state index is 11.7. The summed E-state index contributed by atoms with van der Waals surface area (Å²) in [7, 11) is 6.61. The molecule has 0 aromatic heterocycles. The Morgan fingerprint density at radius 2 is 1.81 bits per heavy atom. The molecular formula is C23H31N3O5. The number of hydrazine groups is 2. The molecule has 1 aliphatic rings. The number of hydrogen-bond acceptors (Lipinski definition) is 8. The van der Waals surface area contributed by atoms with Gasteiger partial charge in [0.1, 0.15) is 11.5 Å². The van der Waals surface area contributed by atoms with E-state index in [1.165, 1.54) is 7.11 Å². The first kappa shape index (κ1) is 22.9. The van der Waals surface area contributed by atoms with Gasteiger partial charge < -0.3 is 18.9 Å². The maximum atomic E-state index is 11.7. The minimum absolute atomic E-state index is 0.234. The van der Waals surface area contributed by atoms with E-state index >= 15 is 0 Å². The summed E-state index contributed by atoms with van der Waals surface area (Å²) in [5, 5.41) is 3.57. The number of nitrogens with zero attached hydrogens (tertiary/aromatic N) is 2. The highest BCUT2D eigenvalue weighted by atomic mass is 16.5. The predicted molar refractivity (Wildman–Crippen MR) is 119 cm³/mol. The first-order chi connectivity index (χ1) is 14.9. The Bertz CT molecular complexity index is 922. The molecule has 0 bridgehead atoms. The molecule has 1 heterocycles. The lowest BCUT2D eigenvalue weighted by atomic mass is 9.93. The molecule has 0 amide bonds. The van der Waals surface area contributed by atoms with Crippen LogP contribution in [0.25, 0.3) is 11.1 Å². The molecule has 2 aromatic carbocycles. The summed E-state index contributed by atoms with van der Waals surface area (Å²) in [6.07, 6.45) is 0.897. The van der Waals surface area contributed by atoms with Gasteiger partial charge in [0, 0.05) is 25.6 Å². The van der Waals surface area contributed by atoms with Crippen LogP contribution in [0, 0.1) is 0 Å². The second-order valence-corrected chi connectivity index (χ2v) is 7.31. The number of carbonyl (C=O) groups excluding carboxylic acids is 1. The quantitative estimate of drug-likeness (QED) is 0.481. The third kappa shape index (κ3) is 4.61. The zero-order valence-electron chi connectivity index (χ0n) is 18.9. The van der Waals surface area contributed by atoms with Crippen molar-refractivity contribution in [2.24, 2.45) is 5.84 Å². The topological polar surface area (TPSA) is 86.5 Å². The van der Waals surface area contributed by atoms with Crippen LogP contribution in [-0.2, 0) is 33.8 Å². The van der Waals surface area contributed by atoms with Crippen LogP contribution in [0.3, 0.4) is 0 Å². The van der Waals surface area contributed by atoms with E-state index in [4.69, 9.17) is 24.8 Å². The van der Waals surface area contributed by atoms with Crippen molar-refractivity contribution in [2.75, 3.05) is 40.0 Å². The molecule has 0 saturated heterocycles. The van der Waals surface area contributed by atoms with Gasteiger partial charge in [0.25, 0.3) is 0 Å². The number of fused-ring (bicyclic) bond motifs is 1. The highest BCUT2D eigenvalue weighted by Gasteiger charge is 2.30. The third-order valence-electron chi connectivity index (χ3n) is 5.54. The molecule has 0 spiro atoms. The highest BCUT2D eigenvalue weighted by Crippen LogP contribution is 2.47. The Morgan fingerprint density at radius 3 is 2.39 bits per heavy atom. The summed E-state index contributed by atoms with van der Waals surface area (Å²) in [6.45, 7) is 3.61. The molecule has 8 heteroatoms. The monoisotopic (exact) mass is 429 g/mol. The molecular weight excluding hydrogens is 398 g/mol. The van der Waals surface area contributed by atoms with Crippen molar-refractivity contribution >= 4 is 11.7 Å². The van der Waals surface area contributed by atoms with Crippen LogP contribution in [0.4, 0.5) is 5.69 Å². The van der Waals surface area contributed by atoms with E-state index in [0.717, 1.165) is 33.5 Å². The number of methoxy groups -OCH3 is 3. The molecule has 0 fully saturated rings. The minimum atomic E-state index is -0.234. The molecule has 3 rings (SSSR count). The van der Waals surface area contributed by atoms with Gasteiger partial charge in [-0.2, -0.15) is 5.12 Å². The number of hydrogen-bond donors (Lipinski definition) is 1. The number of aryl methyl sites for hydroxylation is 1. The molecule has 2 N–H and O–H groups in total. The number of nitrogens with two attached hydrogens (primary N) is 1. The van der Waals surface area contributed by atoms with Crippen LogP contribution in [0.2, 0.25) is 0 Å². The normalized spacial score (nSPS) is 13.3. The number of ether oxygens (including phenoxy) is 4. The van der Waals surface area contributed by atoms with Crippen molar-refractivity contribution in [3.05, 3.63) is 41.0 Å². The van der Waals surface area contributed by atoms with Gasteiger partial charge in [0.05, 0.1) is 45.7 Å². The Labute approximate surface area is 183 Å². The molecule has 0 saturated carbocycles. The average Bonchev–Trinajstić information content (AvgIpc) is 3.09. The summed E-state index contributed by atoms with van der Waals surface area (Å²) in [5.41, 5.74) is 5.88. The van der Waals surface area contributed by atoms with E-state index in [1.807, 2.05) is 43.2 Å². The van der Waals surface area contributed by atoms with E-state index in [2.05, 4.69) is 0 Å². The van der Waals surface area contributed by atoms with Crippen molar-refractivity contribution in [3.63, 3.8) is 0 Å². The van der Waals surface area contributed by atoms with Crippen molar-refractivity contribution in [1.82, 2.24) is 5.12 Å². The van der Waals surface area contributed by atoms with E-state index in [1.54, 1.807) is 19.3 Å². The fourth-order valence-electron chi connectivity index (χ4n) is 3.93. The van der Waals surface area contributed by atoms with Gasteiger partial charge in [-0.05, 0) is 42.2 Å². The fraction of sp³-hybridized carbons (Fsp3) is 0.435. The van der Waals surface area contributed by atoms with Crippen LogP contribution in [-0.4, -0.2) is 46.1 Å². The van der Waals surface area contributed by atoms with Gasteiger partial charge in [-0.1, -0.05) is 12.1 Å². The lowest BCUT2D eigenvalue weighted by Gasteiger charge is -2.24. The molecule has 0 aliphatic carbocycles. The van der Waals surface area contributed by atoms with E-state index in [0.29, 0.717) is 44.1 Å². The number of anilines is 1. The second-order valence-electron chi connectivity index (χ2n) is 7.31. The van der Waals surface area contributed by atoms with Gasteiger partial charge in [0.15, 0.2) is 0 Å². The van der Waals surface area contributed by atoms with Crippen LogP contribution in [0.5, 0.6) is 11.5 Å². The zero-order valence-corrected chi connectivity index (χ0v) is 18.9. The van der Waals surface area contributed by atoms with Gasteiger partial charge in [0.2, 0.25) is 0 Å². The van der Waals surface area contributed by atoms with Gasteiger partial charge in [-0.25, -0.2) is 0 Å². The molecule has 2 aromatic rings. The number of rotatable bonds is 9. The van der Waals surface area contributed by atoms with E-state index < -0.39 is 0 Å². The van der Waals surface area contributed by atoms with Crippen molar-refractivity contribution < 1.29 is 23.7 Å². The van der Waals surface area contributed by atoms with Crippen molar-refractivity contribution in [1.29, 1.82) is 0 Å². The number of carbonyl (C=O) groups is 1. The molecule has 1 aliphatic heterocycles. The average molecular weight is 430 g/mol. The summed E-state index contributed by atoms with van der Waals surface area (Å²) in [6, 6.07) is 8.02. The SMILES string of the molecule is CCOCc1cc(OC)c(-c2ccc(CCC(=O)OC)c3c2N(C)N(N)C3)c(OC)c1. The zero-order chi connectivity index (χ0) is 22.5. The number of esters is 1. The van der Waals surface area contributed by atoms with Crippen molar-refractivity contribution in [2.45, 2.75) is 32.9 Å². The highest BCUT2D eigenvalue weighted by molar-refractivity contribution is 5.89. The molecule has 0 unspecified atom stereocenters. The summed E-state index contributed by atoms with van der Waals surface area (Å²) < 4.78 is 21.9. The first-order valence-corrected chi connectivity index (χ1v) is 10.3. The van der Waals surface area contributed by atoms with Gasteiger partial charge in [-0.15, -0.1) is 0 Å².